The quantitative estimate of drug-likeness (QED) is 0.477. The fraction of sp³-hybridized carbons (Fsp3) is 0.0909. The molecule has 3 nitrogen and oxygen atoms in total. The first-order valence-electron chi connectivity index (χ1n) is 4.67. The van der Waals surface area contributed by atoms with Crippen molar-refractivity contribution < 1.29 is 4.79 Å². The molecule has 0 atom stereocenters. The second-order valence-electron chi connectivity index (χ2n) is 3.24. The van der Waals surface area contributed by atoms with Crippen molar-refractivity contribution in [3.8, 4) is 0 Å². The van der Waals surface area contributed by atoms with Gasteiger partial charge in [-0.3, -0.25) is 10.1 Å². The van der Waals surface area contributed by atoms with Crippen LogP contribution >= 0.6 is 24.0 Å². The maximum Gasteiger partial charge on any atom is 0.273 e. The lowest BCUT2D eigenvalue weighted by molar-refractivity contribution is -0.115. The van der Waals surface area contributed by atoms with Gasteiger partial charge in [0.1, 0.15) is 5.70 Å². The molecule has 0 spiro atoms. The van der Waals surface area contributed by atoms with Gasteiger partial charge in [-0.1, -0.05) is 12.1 Å². The molecule has 1 amide bonds. The lowest BCUT2D eigenvalue weighted by Gasteiger charge is -1.98. The number of amides is 1. The van der Waals surface area contributed by atoms with Crippen LogP contribution in [0.4, 0.5) is 0 Å². The van der Waals surface area contributed by atoms with Gasteiger partial charge in [0, 0.05) is 4.90 Å². The van der Waals surface area contributed by atoms with E-state index in [-0.39, 0.29) is 5.91 Å². The number of carbonyl (C=O) groups is 1. The number of thioether (sulfide) groups is 1. The Morgan fingerprint density at radius 2 is 1.94 bits per heavy atom. The van der Waals surface area contributed by atoms with Gasteiger partial charge in [0.25, 0.3) is 5.91 Å². The van der Waals surface area contributed by atoms with Crippen molar-refractivity contribution in [3.05, 3.63) is 35.5 Å². The Morgan fingerprint density at radius 1 is 1.25 bits per heavy atom. The van der Waals surface area contributed by atoms with E-state index in [1.54, 1.807) is 17.8 Å². The number of thiocarbonyl (C=S) groups is 1. The molecule has 2 rings (SSSR count). The highest BCUT2D eigenvalue weighted by Gasteiger charge is 2.19. The average molecular weight is 250 g/mol. The van der Waals surface area contributed by atoms with Crippen LogP contribution in [0.3, 0.4) is 0 Å². The summed E-state index contributed by atoms with van der Waals surface area (Å²) in [5, 5.41) is 5.68. The highest BCUT2D eigenvalue weighted by atomic mass is 32.2. The molecule has 1 aliphatic rings. The summed E-state index contributed by atoms with van der Waals surface area (Å²) in [4.78, 5) is 12.6. The van der Waals surface area contributed by atoms with Gasteiger partial charge in [-0.15, -0.1) is 11.8 Å². The number of benzene rings is 1. The molecule has 1 saturated heterocycles. The zero-order valence-corrected chi connectivity index (χ0v) is 10.2. The van der Waals surface area contributed by atoms with Crippen molar-refractivity contribution in [1.29, 1.82) is 0 Å². The van der Waals surface area contributed by atoms with Crippen LogP contribution < -0.4 is 10.6 Å². The van der Waals surface area contributed by atoms with Crippen LogP contribution in [0.15, 0.2) is 34.9 Å². The first-order valence-corrected chi connectivity index (χ1v) is 6.30. The Kier molecular flexibility index (Phi) is 3.26. The van der Waals surface area contributed by atoms with Crippen LogP contribution in [0.5, 0.6) is 0 Å². The van der Waals surface area contributed by atoms with E-state index in [9.17, 15) is 4.79 Å². The van der Waals surface area contributed by atoms with Gasteiger partial charge in [-0.2, -0.15) is 0 Å². The number of rotatable bonds is 2. The van der Waals surface area contributed by atoms with Crippen molar-refractivity contribution in [1.82, 2.24) is 10.6 Å². The van der Waals surface area contributed by atoms with Crippen LogP contribution in [0.2, 0.25) is 0 Å². The second-order valence-corrected chi connectivity index (χ2v) is 4.53. The molecule has 1 fully saturated rings. The molecule has 0 radical (unpaired) electrons. The molecule has 0 saturated carbocycles. The van der Waals surface area contributed by atoms with Gasteiger partial charge >= 0.3 is 0 Å². The highest BCUT2D eigenvalue weighted by Crippen LogP contribution is 2.16. The Labute approximate surface area is 103 Å². The maximum absolute atomic E-state index is 11.4. The van der Waals surface area contributed by atoms with Crippen LogP contribution in [0.1, 0.15) is 5.56 Å². The minimum absolute atomic E-state index is 0.182. The summed E-state index contributed by atoms with van der Waals surface area (Å²) >= 11 is 6.53. The Balaban J connectivity index is 2.22. The molecular formula is C11H10N2OS2. The van der Waals surface area contributed by atoms with E-state index in [0.29, 0.717) is 10.8 Å². The molecule has 0 bridgehead atoms. The molecule has 0 unspecified atom stereocenters. The molecule has 1 aromatic carbocycles. The van der Waals surface area contributed by atoms with Crippen molar-refractivity contribution in [2.75, 3.05) is 6.26 Å². The van der Waals surface area contributed by atoms with E-state index in [1.807, 2.05) is 30.5 Å². The fourth-order valence-corrected chi connectivity index (χ4v) is 1.96. The van der Waals surface area contributed by atoms with Crippen molar-refractivity contribution in [3.63, 3.8) is 0 Å². The lowest BCUT2D eigenvalue weighted by atomic mass is 10.2. The largest absolute Gasteiger partial charge is 0.328 e. The van der Waals surface area contributed by atoms with E-state index in [0.717, 1.165) is 5.56 Å². The van der Waals surface area contributed by atoms with Crippen LogP contribution in [-0.4, -0.2) is 17.3 Å². The van der Waals surface area contributed by atoms with Gasteiger partial charge in [-0.25, -0.2) is 0 Å². The van der Waals surface area contributed by atoms with Crippen LogP contribution in [0.25, 0.3) is 6.08 Å². The second kappa shape index (κ2) is 4.67. The number of carbonyl (C=O) groups excluding carboxylic acids is 1. The Bertz CT molecular complexity index is 465. The monoisotopic (exact) mass is 250 g/mol. The predicted octanol–water partition coefficient (Wildman–Crippen LogP) is 1.75. The summed E-state index contributed by atoms with van der Waals surface area (Å²) in [7, 11) is 0. The topological polar surface area (TPSA) is 41.1 Å². The minimum Gasteiger partial charge on any atom is -0.328 e. The minimum atomic E-state index is -0.182. The standard InChI is InChI=1S/C11H10N2OS2/c1-16-8-4-2-7(3-5-8)6-9-10(14)13-11(15)12-9/h2-6H,1H3,(H2,12,13,14,15)/b9-6-. The zero-order valence-electron chi connectivity index (χ0n) is 8.61. The van der Waals surface area contributed by atoms with Crippen LogP contribution in [0, 0.1) is 0 Å². The molecule has 2 N–H and O–H groups in total. The molecular weight excluding hydrogens is 240 g/mol. The van der Waals surface area contributed by atoms with Crippen molar-refractivity contribution in [2.24, 2.45) is 0 Å². The third-order valence-electron chi connectivity index (χ3n) is 2.15. The third-order valence-corrected chi connectivity index (χ3v) is 3.09. The SMILES string of the molecule is CSc1ccc(/C=C2\NC(=S)NC2=O)cc1. The first-order chi connectivity index (χ1) is 7.69. The maximum atomic E-state index is 11.4. The van der Waals surface area contributed by atoms with E-state index >= 15 is 0 Å². The van der Waals surface area contributed by atoms with E-state index in [2.05, 4.69) is 10.6 Å². The Hall–Kier alpha value is -1.33. The average Bonchev–Trinajstić information content (AvgIpc) is 2.59. The van der Waals surface area contributed by atoms with Gasteiger partial charge in [0.15, 0.2) is 5.11 Å². The number of hydrogen-bond donors (Lipinski definition) is 2. The normalized spacial score (nSPS) is 17.4. The van der Waals surface area contributed by atoms with Crippen molar-refractivity contribution in [2.45, 2.75) is 4.90 Å². The van der Waals surface area contributed by atoms with E-state index in [1.165, 1.54) is 4.90 Å². The summed E-state index contributed by atoms with van der Waals surface area (Å²) in [5.74, 6) is -0.182. The molecule has 5 heteroatoms. The fourth-order valence-electron chi connectivity index (χ4n) is 1.35. The summed E-state index contributed by atoms with van der Waals surface area (Å²) in [6.45, 7) is 0. The lowest BCUT2D eigenvalue weighted by Crippen LogP contribution is -2.21. The van der Waals surface area contributed by atoms with Crippen molar-refractivity contribution >= 4 is 41.1 Å². The van der Waals surface area contributed by atoms with E-state index in [4.69, 9.17) is 12.2 Å². The van der Waals surface area contributed by atoms with E-state index < -0.39 is 0 Å². The summed E-state index contributed by atoms with van der Waals surface area (Å²) < 4.78 is 0. The van der Waals surface area contributed by atoms with Gasteiger partial charge < -0.3 is 5.32 Å². The molecule has 0 aliphatic carbocycles. The molecule has 1 heterocycles. The first kappa shape index (κ1) is 11.2. The van der Waals surface area contributed by atoms with Gasteiger partial charge in [0.05, 0.1) is 0 Å². The predicted molar refractivity (Wildman–Crippen MR) is 70.1 cm³/mol. The summed E-state index contributed by atoms with van der Waals surface area (Å²) in [6.07, 6.45) is 3.80. The third kappa shape index (κ3) is 2.43. The molecule has 82 valence electrons. The molecule has 1 aromatic rings. The molecule has 0 aromatic heterocycles. The summed E-state index contributed by atoms with van der Waals surface area (Å²) in [5.41, 5.74) is 1.46. The summed E-state index contributed by atoms with van der Waals surface area (Å²) in [6, 6.07) is 7.97. The molecule has 1 aliphatic heterocycles. The molecule has 16 heavy (non-hydrogen) atoms. The highest BCUT2D eigenvalue weighted by molar-refractivity contribution is 7.98. The smallest absolute Gasteiger partial charge is 0.273 e. The van der Waals surface area contributed by atoms with Gasteiger partial charge in [-0.05, 0) is 42.2 Å². The number of hydrogen-bond acceptors (Lipinski definition) is 3. The van der Waals surface area contributed by atoms with Gasteiger partial charge in [0.2, 0.25) is 0 Å². The Morgan fingerprint density at radius 3 is 2.44 bits per heavy atom. The zero-order chi connectivity index (χ0) is 11.5. The number of nitrogens with one attached hydrogen (secondary N) is 2. The van der Waals surface area contributed by atoms with Crippen LogP contribution in [-0.2, 0) is 4.79 Å².